The lowest BCUT2D eigenvalue weighted by atomic mass is 10.2. The standard InChI is InChI=1S/C16H23N5OS/c1-2-17-16-18-9-12-10-21(22,14-6-4-8-23-14)11-13-5-3-7-20(13)15(12)19-16/h4,6,8-9,13,16-18H,2-3,5,7,10-11H2,1H3/t13?,16-,21?/m0/s1. The molecule has 4 heterocycles. The normalized spacial score (nSPS) is 33.2. The number of aliphatic imine (C=N–C) groups is 1. The second kappa shape index (κ2) is 5.90. The third-order valence-corrected chi connectivity index (χ3v) is 5.84. The van der Waals surface area contributed by atoms with E-state index in [-0.39, 0.29) is 10.9 Å². The predicted octanol–water partition coefficient (Wildman–Crippen LogP) is 1.81. The van der Waals surface area contributed by atoms with Gasteiger partial charge in [0.15, 0.2) is 11.3 Å². The van der Waals surface area contributed by atoms with Crippen LogP contribution in [0, 0.1) is 5.21 Å². The Morgan fingerprint density at radius 1 is 1.57 bits per heavy atom. The van der Waals surface area contributed by atoms with Crippen molar-refractivity contribution < 1.29 is 0 Å². The van der Waals surface area contributed by atoms with E-state index in [2.05, 4.69) is 22.5 Å². The highest BCUT2D eigenvalue weighted by atomic mass is 32.1. The first-order chi connectivity index (χ1) is 11.2. The molecule has 2 unspecified atom stereocenters. The van der Waals surface area contributed by atoms with Crippen LogP contribution in [0.3, 0.4) is 0 Å². The lowest BCUT2D eigenvalue weighted by Crippen LogP contribution is -2.48. The third kappa shape index (κ3) is 2.67. The number of nitrogens with one attached hydrogen (secondary N) is 2. The minimum atomic E-state index is -0.267. The van der Waals surface area contributed by atoms with Crippen LogP contribution in [0.2, 0.25) is 0 Å². The molecule has 7 heteroatoms. The first kappa shape index (κ1) is 15.1. The molecule has 4 rings (SSSR count). The number of nitrogens with zero attached hydrogens (tertiary/aromatic N) is 3. The molecule has 23 heavy (non-hydrogen) atoms. The molecule has 0 saturated carbocycles. The van der Waals surface area contributed by atoms with E-state index in [1.807, 2.05) is 23.7 Å². The van der Waals surface area contributed by atoms with Crippen LogP contribution in [-0.2, 0) is 0 Å². The Kier molecular flexibility index (Phi) is 3.88. The van der Waals surface area contributed by atoms with Gasteiger partial charge in [-0.25, -0.2) is 4.99 Å². The van der Waals surface area contributed by atoms with Crippen LogP contribution in [0.25, 0.3) is 0 Å². The van der Waals surface area contributed by atoms with Gasteiger partial charge in [0.1, 0.15) is 18.9 Å². The minimum absolute atomic E-state index is 0.0895. The van der Waals surface area contributed by atoms with E-state index in [1.165, 1.54) is 0 Å². The molecular formula is C16H23N5OS. The highest BCUT2D eigenvalue weighted by Crippen LogP contribution is 2.35. The van der Waals surface area contributed by atoms with E-state index in [4.69, 9.17) is 4.99 Å². The molecule has 6 nitrogen and oxygen atoms in total. The smallest absolute Gasteiger partial charge is 0.188 e. The maximum absolute atomic E-state index is 13.6. The Hall–Kier alpha value is -1.41. The van der Waals surface area contributed by atoms with Gasteiger partial charge in [-0.2, -0.15) is 0 Å². The number of hydrogen-bond donors (Lipinski definition) is 2. The molecule has 1 aromatic heterocycles. The second-order valence-corrected chi connectivity index (χ2v) is 7.35. The van der Waals surface area contributed by atoms with Gasteiger partial charge in [-0.05, 0) is 30.8 Å². The summed E-state index contributed by atoms with van der Waals surface area (Å²) in [6.07, 6.45) is 4.13. The quantitative estimate of drug-likeness (QED) is 0.654. The van der Waals surface area contributed by atoms with Crippen molar-refractivity contribution in [3.05, 3.63) is 34.5 Å². The third-order valence-electron chi connectivity index (χ3n) is 4.84. The molecule has 0 spiro atoms. The zero-order chi connectivity index (χ0) is 15.9. The number of rotatable bonds is 3. The van der Waals surface area contributed by atoms with Crippen molar-refractivity contribution in [1.82, 2.24) is 20.2 Å². The largest absolute Gasteiger partial charge is 0.626 e. The van der Waals surface area contributed by atoms with Gasteiger partial charge in [-0.15, -0.1) is 0 Å². The average Bonchev–Trinajstić information content (AvgIpc) is 3.19. The summed E-state index contributed by atoms with van der Waals surface area (Å²) in [5, 5.41) is 23.1. The highest BCUT2D eigenvalue weighted by molar-refractivity contribution is 7.13. The minimum Gasteiger partial charge on any atom is -0.626 e. The maximum atomic E-state index is 13.6. The Labute approximate surface area is 140 Å². The van der Waals surface area contributed by atoms with Crippen LogP contribution in [0.1, 0.15) is 19.8 Å². The molecule has 0 radical (unpaired) electrons. The van der Waals surface area contributed by atoms with Crippen LogP contribution in [0.4, 0.5) is 5.00 Å². The Morgan fingerprint density at radius 3 is 3.26 bits per heavy atom. The van der Waals surface area contributed by atoms with Crippen LogP contribution in [0.5, 0.6) is 0 Å². The van der Waals surface area contributed by atoms with E-state index < -0.39 is 0 Å². The summed E-state index contributed by atoms with van der Waals surface area (Å²) in [6.45, 7) is 5.01. The van der Waals surface area contributed by atoms with Crippen molar-refractivity contribution in [3.8, 4) is 0 Å². The van der Waals surface area contributed by atoms with Gasteiger partial charge in [0.25, 0.3) is 0 Å². The topological polar surface area (TPSA) is 62.7 Å². The molecular weight excluding hydrogens is 310 g/mol. The molecule has 0 amide bonds. The number of fused-ring (bicyclic) bond motifs is 3. The van der Waals surface area contributed by atoms with Crippen molar-refractivity contribution in [1.29, 1.82) is 0 Å². The molecule has 3 aliphatic rings. The monoisotopic (exact) mass is 333 g/mol. The molecule has 3 aliphatic heterocycles. The van der Waals surface area contributed by atoms with Crippen molar-refractivity contribution in [2.75, 3.05) is 26.2 Å². The van der Waals surface area contributed by atoms with Crippen molar-refractivity contribution in [3.63, 3.8) is 0 Å². The first-order valence-electron chi connectivity index (χ1n) is 8.35. The van der Waals surface area contributed by atoms with Gasteiger partial charge in [-0.1, -0.05) is 18.3 Å². The molecule has 0 bridgehead atoms. The van der Waals surface area contributed by atoms with Crippen LogP contribution in [0.15, 0.2) is 34.3 Å². The molecule has 124 valence electrons. The van der Waals surface area contributed by atoms with Gasteiger partial charge < -0.3 is 20.1 Å². The fourth-order valence-electron chi connectivity index (χ4n) is 3.81. The average molecular weight is 333 g/mol. The zero-order valence-electron chi connectivity index (χ0n) is 13.4. The SMILES string of the molecule is CCN[C@@H]1N=C2C(=CN1)C[N+]([O-])(c1cccs1)CC1CCCN21. The first-order valence-corrected chi connectivity index (χ1v) is 9.23. The van der Waals surface area contributed by atoms with Crippen molar-refractivity contribution in [2.45, 2.75) is 32.1 Å². The van der Waals surface area contributed by atoms with Gasteiger partial charge in [0, 0.05) is 18.8 Å². The maximum Gasteiger partial charge on any atom is 0.188 e. The van der Waals surface area contributed by atoms with E-state index in [9.17, 15) is 5.21 Å². The number of amidine groups is 1. The molecule has 2 N–H and O–H groups in total. The number of hydrogen-bond acceptors (Lipinski definition) is 6. The fourth-order valence-corrected chi connectivity index (χ4v) is 4.60. The molecule has 0 aliphatic carbocycles. The van der Waals surface area contributed by atoms with Gasteiger partial charge >= 0.3 is 0 Å². The zero-order valence-corrected chi connectivity index (χ0v) is 14.2. The number of thiophene rings is 1. The summed E-state index contributed by atoms with van der Waals surface area (Å²) in [6, 6.07) is 4.23. The molecule has 0 aromatic carbocycles. The summed E-state index contributed by atoms with van der Waals surface area (Å²) in [5.41, 5.74) is 1.03. The number of hydroxylamine groups is 2. The predicted molar refractivity (Wildman–Crippen MR) is 95.1 cm³/mol. The summed E-state index contributed by atoms with van der Waals surface area (Å²) in [7, 11) is 0. The van der Waals surface area contributed by atoms with E-state index in [0.29, 0.717) is 19.1 Å². The van der Waals surface area contributed by atoms with Crippen molar-refractivity contribution >= 4 is 22.2 Å². The van der Waals surface area contributed by atoms with E-state index in [1.54, 1.807) is 11.3 Å². The Balaban J connectivity index is 1.71. The van der Waals surface area contributed by atoms with Gasteiger partial charge in [0.05, 0.1) is 11.6 Å². The summed E-state index contributed by atoms with van der Waals surface area (Å²) in [4.78, 5) is 7.21. The second-order valence-electron chi connectivity index (χ2n) is 6.42. The van der Waals surface area contributed by atoms with Crippen LogP contribution >= 0.6 is 11.3 Å². The van der Waals surface area contributed by atoms with Crippen molar-refractivity contribution in [2.24, 2.45) is 4.99 Å². The van der Waals surface area contributed by atoms with Crippen LogP contribution in [-0.4, -0.2) is 49.2 Å². The summed E-state index contributed by atoms with van der Waals surface area (Å²) >= 11 is 1.56. The van der Waals surface area contributed by atoms with Gasteiger partial charge in [-0.3, -0.25) is 5.32 Å². The van der Waals surface area contributed by atoms with E-state index in [0.717, 1.165) is 42.3 Å². The lowest BCUT2D eigenvalue weighted by molar-refractivity contribution is 0.307. The fraction of sp³-hybridized carbons (Fsp3) is 0.562. The molecule has 2 fully saturated rings. The number of quaternary nitrogens is 1. The van der Waals surface area contributed by atoms with Gasteiger partial charge in [0.2, 0.25) is 0 Å². The lowest BCUT2D eigenvalue weighted by Gasteiger charge is -2.41. The van der Waals surface area contributed by atoms with E-state index >= 15 is 0 Å². The Bertz CT molecular complexity index is 628. The summed E-state index contributed by atoms with van der Waals surface area (Å²) < 4.78 is -0.267. The molecule has 2 saturated heterocycles. The Morgan fingerprint density at radius 2 is 2.48 bits per heavy atom. The highest BCUT2D eigenvalue weighted by Gasteiger charge is 2.41. The van der Waals surface area contributed by atoms with Crippen LogP contribution < -0.4 is 15.3 Å². The summed E-state index contributed by atoms with van der Waals surface area (Å²) in [5.74, 6) is 1.02. The molecule has 1 aromatic rings. The molecule has 3 atom stereocenters.